The van der Waals surface area contributed by atoms with Crippen molar-refractivity contribution in [3.8, 4) is 22.6 Å². The molecule has 0 aliphatic carbocycles. The van der Waals surface area contributed by atoms with Gasteiger partial charge >= 0.3 is 0 Å². The highest BCUT2D eigenvalue weighted by molar-refractivity contribution is 5.97. The topological polar surface area (TPSA) is 88.8 Å². The van der Waals surface area contributed by atoms with Crippen LogP contribution < -0.4 is 10.2 Å². The average Bonchev–Trinajstić information content (AvgIpc) is 3.67. The second kappa shape index (κ2) is 9.28. The summed E-state index contributed by atoms with van der Waals surface area (Å²) in [4.78, 5) is 17.9. The molecule has 7 rings (SSSR count). The summed E-state index contributed by atoms with van der Waals surface area (Å²) >= 11 is 0. The third-order valence-corrected chi connectivity index (χ3v) is 7.70. The second-order valence-electron chi connectivity index (χ2n) is 10.4. The lowest BCUT2D eigenvalue weighted by Crippen LogP contribution is -2.43. The van der Waals surface area contributed by atoms with Crippen molar-refractivity contribution in [2.75, 3.05) is 44.2 Å². The summed E-state index contributed by atoms with van der Waals surface area (Å²) in [7, 11) is 0. The number of hydrogen-bond donors (Lipinski definition) is 3. The van der Waals surface area contributed by atoms with Gasteiger partial charge in [-0.2, -0.15) is 5.10 Å². The van der Waals surface area contributed by atoms with Crippen molar-refractivity contribution < 1.29 is 0 Å². The molecule has 0 saturated carbocycles. The largest absolute Gasteiger partial charge is 0.366 e. The van der Waals surface area contributed by atoms with Crippen LogP contribution in [0.5, 0.6) is 0 Å². The minimum atomic E-state index is 0.766. The zero-order chi connectivity index (χ0) is 24.8. The Morgan fingerprint density at radius 2 is 1.76 bits per heavy atom. The Labute approximate surface area is 216 Å². The lowest BCUT2D eigenvalue weighted by molar-refractivity contribution is 0.331. The Balaban J connectivity index is 1.26. The van der Waals surface area contributed by atoms with E-state index in [0.29, 0.717) is 0 Å². The molecule has 2 aromatic carbocycles. The number of pyridine rings is 1. The van der Waals surface area contributed by atoms with Crippen LogP contribution in [0.3, 0.4) is 0 Å². The SMILES string of the molecule is Cc1cc(CN2CCCC2)cc(-c2ccc3[nH]nc(-c4nc5c(N6CCNCC6)cncc5[nH]4)c3c2)c1. The smallest absolute Gasteiger partial charge is 0.159 e. The van der Waals surface area contributed by atoms with Crippen molar-refractivity contribution in [1.82, 2.24) is 35.4 Å². The first kappa shape index (κ1) is 22.4. The van der Waals surface area contributed by atoms with Gasteiger partial charge in [0.1, 0.15) is 11.2 Å². The molecule has 3 aromatic heterocycles. The maximum Gasteiger partial charge on any atom is 0.159 e. The van der Waals surface area contributed by atoms with Crippen LogP contribution in [0.25, 0.3) is 44.6 Å². The zero-order valence-corrected chi connectivity index (χ0v) is 21.2. The Morgan fingerprint density at radius 3 is 2.62 bits per heavy atom. The summed E-state index contributed by atoms with van der Waals surface area (Å²) in [6.07, 6.45) is 6.41. The molecule has 3 N–H and O–H groups in total. The molecule has 0 bridgehead atoms. The van der Waals surface area contributed by atoms with Gasteiger partial charge in [0.2, 0.25) is 0 Å². The summed E-state index contributed by atoms with van der Waals surface area (Å²) in [5.74, 6) is 0.766. The number of piperazine rings is 1. The summed E-state index contributed by atoms with van der Waals surface area (Å²) in [5.41, 5.74) is 9.92. The van der Waals surface area contributed by atoms with Crippen molar-refractivity contribution in [1.29, 1.82) is 0 Å². The van der Waals surface area contributed by atoms with E-state index in [1.54, 1.807) is 0 Å². The lowest BCUT2D eigenvalue weighted by Gasteiger charge is -2.29. The van der Waals surface area contributed by atoms with Gasteiger partial charge < -0.3 is 15.2 Å². The van der Waals surface area contributed by atoms with Crippen LogP contribution in [0.2, 0.25) is 0 Å². The lowest BCUT2D eigenvalue weighted by atomic mass is 9.98. The zero-order valence-electron chi connectivity index (χ0n) is 21.2. The molecule has 188 valence electrons. The first-order chi connectivity index (χ1) is 18.2. The molecular formula is C29H32N8. The van der Waals surface area contributed by atoms with E-state index in [-0.39, 0.29) is 0 Å². The number of nitrogens with one attached hydrogen (secondary N) is 3. The van der Waals surface area contributed by atoms with Gasteiger partial charge in [0.05, 0.1) is 29.1 Å². The van der Waals surface area contributed by atoms with Crippen molar-refractivity contribution in [3.63, 3.8) is 0 Å². The van der Waals surface area contributed by atoms with E-state index < -0.39 is 0 Å². The highest BCUT2D eigenvalue weighted by atomic mass is 15.2. The van der Waals surface area contributed by atoms with E-state index in [2.05, 4.69) is 78.6 Å². The van der Waals surface area contributed by atoms with Crippen LogP contribution in [0.4, 0.5) is 5.69 Å². The van der Waals surface area contributed by atoms with E-state index >= 15 is 0 Å². The predicted molar refractivity (Wildman–Crippen MR) is 149 cm³/mol. The number of likely N-dealkylation sites (tertiary alicyclic amines) is 1. The number of hydrogen-bond acceptors (Lipinski definition) is 6. The maximum atomic E-state index is 5.02. The van der Waals surface area contributed by atoms with E-state index in [0.717, 1.165) is 71.9 Å². The molecule has 0 unspecified atom stereocenters. The molecule has 5 heterocycles. The van der Waals surface area contributed by atoms with E-state index in [9.17, 15) is 0 Å². The van der Waals surface area contributed by atoms with Gasteiger partial charge in [0.15, 0.2) is 5.82 Å². The normalized spacial score (nSPS) is 16.8. The number of aryl methyl sites for hydroxylation is 1. The molecule has 37 heavy (non-hydrogen) atoms. The average molecular weight is 493 g/mol. The van der Waals surface area contributed by atoms with Crippen molar-refractivity contribution in [2.24, 2.45) is 0 Å². The van der Waals surface area contributed by atoms with E-state index in [1.165, 1.54) is 48.2 Å². The number of anilines is 1. The van der Waals surface area contributed by atoms with Gasteiger partial charge in [0.25, 0.3) is 0 Å². The van der Waals surface area contributed by atoms with Crippen molar-refractivity contribution in [2.45, 2.75) is 26.3 Å². The van der Waals surface area contributed by atoms with Crippen LogP contribution in [-0.4, -0.2) is 69.3 Å². The molecule has 0 atom stereocenters. The van der Waals surface area contributed by atoms with Gasteiger partial charge in [-0.05, 0) is 67.7 Å². The van der Waals surface area contributed by atoms with E-state index in [1.807, 2.05) is 12.4 Å². The fourth-order valence-corrected chi connectivity index (χ4v) is 5.86. The molecule has 8 heteroatoms. The van der Waals surface area contributed by atoms with Crippen LogP contribution in [-0.2, 0) is 6.54 Å². The molecule has 2 fully saturated rings. The van der Waals surface area contributed by atoms with Gasteiger partial charge in [-0.25, -0.2) is 4.98 Å². The molecule has 2 saturated heterocycles. The quantitative estimate of drug-likeness (QED) is 0.335. The van der Waals surface area contributed by atoms with Gasteiger partial charge in [-0.15, -0.1) is 0 Å². The minimum Gasteiger partial charge on any atom is -0.366 e. The first-order valence-corrected chi connectivity index (χ1v) is 13.3. The molecule has 0 amide bonds. The number of benzene rings is 2. The van der Waals surface area contributed by atoms with Gasteiger partial charge in [-0.3, -0.25) is 15.0 Å². The Bertz CT molecular complexity index is 1570. The Kier molecular flexibility index (Phi) is 5.63. The number of fused-ring (bicyclic) bond motifs is 2. The summed E-state index contributed by atoms with van der Waals surface area (Å²) in [6, 6.07) is 13.5. The van der Waals surface area contributed by atoms with Crippen LogP contribution >= 0.6 is 0 Å². The maximum absolute atomic E-state index is 5.02. The summed E-state index contributed by atoms with van der Waals surface area (Å²) in [6.45, 7) is 9.47. The van der Waals surface area contributed by atoms with Crippen LogP contribution in [0.15, 0.2) is 48.8 Å². The number of aromatic nitrogens is 5. The number of H-pyrrole nitrogens is 2. The molecule has 5 aromatic rings. The molecule has 0 spiro atoms. The standard InChI is InChI=1S/C29H32N8/c1-19-12-20(18-36-8-2-3-9-36)14-22(13-19)21-4-5-24-23(15-21)27(35-34-24)29-32-25-16-31-17-26(28(25)33-29)37-10-6-30-7-11-37/h4-5,12-17,30H,2-3,6-11,18H2,1H3,(H,32,33)(H,34,35). The van der Waals surface area contributed by atoms with E-state index in [4.69, 9.17) is 4.98 Å². The van der Waals surface area contributed by atoms with Crippen LogP contribution in [0, 0.1) is 6.92 Å². The monoisotopic (exact) mass is 492 g/mol. The molecule has 8 nitrogen and oxygen atoms in total. The highest BCUT2D eigenvalue weighted by Crippen LogP contribution is 2.33. The highest BCUT2D eigenvalue weighted by Gasteiger charge is 2.19. The third kappa shape index (κ3) is 4.26. The number of rotatable bonds is 5. The minimum absolute atomic E-state index is 0.766. The molecule has 2 aliphatic heterocycles. The van der Waals surface area contributed by atoms with Crippen molar-refractivity contribution >= 4 is 27.6 Å². The fourth-order valence-electron chi connectivity index (χ4n) is 5.86. The van der Waals surface area contributed by atoms with Crippen LogP contribution in [0.1, 0.15) is 24.0 Å². The first-order valence-electron chi connectivity index (χ1n) is 13.3. The second-order valence-corrected chi connectivity index (χ2v) is 10.4. The van der Waals surface area contributed by atoms with Gasteiger partial charge in [0, 0.05) is 38.1 Å². The Morgan fingerprint density at radius 1 is 0.892 bits per heavy atom. The molecule has 0 radical (unpaired) electrons. The summed E-state index contributed by atoms with van der Waals surface area (Å²) < 4.78 is 0. The molecular weight excluding hydrogens is 460 g/mol. The third-order valence-electron chi connectivity index (χ3n) is 7.70. The van der Waals surface area contributed by atoms with Crippen molar-refractivity contribution in [3.05, 3.63) is 59.9 Å². The number of imidazole rings is 1. The van der Waals surface area contributed by atoms with Gasteiger partial charge in [-0.1, -0.05) is 23.8 Å². The summed E-state index contributed by atoms with van der Waals surface area (Å²) in [5, 5.41) is 12.4. The predicted octanol–water partition coefficient (Wildman–Crippen LogP) is 4.48. The fraction of sp³-hybridized carbons (Fsp3) is 0.345. The Hall–Kier alpha value is -3.75. The number of nitrogens with zero attached hydrogens (tertiary/aromatic N) is 5. The molecule has 2 aliphatic rings. The number of aromatic amines is 2.